The number of aliphatic carboxylic acids is 4. The summed E-state index contributed by atoms with van der Waals surface area (Å²) in [5, 5.41) is 40.4. The number of amides is 2. The summed E-state index contributed by atoms with van der Waals surface area (Å²) in [7, 11) is 0. The molecule has 0 saturated heterocycles. The van der Waals surface area contributed by atoms with Gasteiger partial charge < -0.3 is 36.5 Å². The number of benzene rings is 2. The molecule has 0 fully saturated rings. The monoisotopic (exact) mass is 741 g/mol. The summed E-state index contributed by atoms with van der Waals surface area (Å²) < 4.78 is 0. The van der Waals surface area contributed by atoms with Gasteiger partial charge >= 0.3 is 23.9 Å². The Bertz CT molecular complexity index is 1610. The number of hydrogen-bond donors (Lipinski definition) is 8. The van der Waals surface area contributed by atoms with Crippen molar-refractivity contribution in [2.45, 2.75) is 31.8 Å². The lowest BCUT2D eigenvalue weighted by Crippen LogP contribution is -2.47. The molecule has 0 aliphatic heterocycles. The van der Waals surface area contributed by atoms with E-state index < -0.39 is 67.9 Å². The number of carbonyl (C=O) groups excluding carboxylic acids is 2. The van der Waals surface area contributed by atoms with Crippen LogP contribution in [0.1, 0.15) is 23.1 Å². The number of aryl methyl sites for hydroxylation is 1. The molecule has 0 spiro atoms. The van der Waals surface area contributed by atoms with E-state index in [-0.39, 0.29) is 45.9 Å². The lowest BCUT2D eigenvalue weighted by atomic mass is 10.1. The maximum absolute atomic E-state index is 12.9. The molecule has 0 saturated carbocycles. The van der Waals surface area contributed by atoms with Crippen LogP contribution in [0.2, 0.25) is 0 Å². The lowest BCUT2D eigenvalue weighted by molar-refractivity contribution is -0.143. The highest BCUT2D eigenvalue weighted by Crippen LogP contribution is 2.18. The van der Waals surface area contributed by atoms with Crippen molar-refractivity contribution >= 4 is 46.6 Å². The molecule has 18 heteroatoms. The highest BCUT2D eigenvalue weighted by Gasteiger charge is 2.20. The largest absolute Gasteiger partial charge is 0.480 e. The van der Waals surface area contributed by atoms with Crippen LogP contribution < -0.4 is 16.5 Å². The molecule has 2 amide bonds. The fraction of sp³-hybridized carbons (Fsp3) is 0.429. The smallest absolute Gasteiger partial charge is 0.317 e. The van der Waals surface area contributed by atoms with Crippen molar-refractivity contribution in [2.24, 2.45) is 5.73 Å². The van der Waals surface area contributed by atoms with E-state index in [9.17, 15) is 28.8 Å². The minimum atomic E-state index is -1.23. The Morgan fingerprint density at radius 3 is 1.81 bits per heavy atom. The number of nitrogens with two attached hydrogens (primary N) is 1. The summed E-state index contributed by atoms with van der Waals surface area (Å²) in [6, 6.07) is 14.5. The normalized spacial score (nSPS) is 11.9. The summed E-state index contributed by atoms with van der Waals surface area (Å²) in [4.78, 5) is 82.6. The van der Waals surface area contributed by atoms with E-state index in [4.69, 9.17) is 31.0 Å². The van der Waals surface area contributed by atoms with Gasteiger partial charge in [-0.2, -0.15) is 0 Å². The molecule has 0 radical (unpaired) electrons. The van der Waals surface area contributed by atoms with Gasteiger partial charge in [0.25, 0.3) is 5.91 Å². The number of hydroxylamine groups is 1. The average Bonchev–Trinajstić information content (AvgIpc) is 3.50. The number of fused-ring (bicyclic) bond motifs is 1. The fourth-order valence-corrected chi connectivity index (χ4v) is 5.49. The van der Waals surface area contributed by atoms with Crippen LogP contribution >= 0.6 is 0 Å². The molecule has 1 unspecified atom stereocenters. The predicted octanol–water partition coefficient (Wildman–Crippen LogP) is -0.421. The molecule has 1 heterocycles. The van der Waals surface area contributed by atoms with E-state index in [0.717, 1.165) is 27.6 Å². The number of H-pyrrole nitrogens is 1. The van der Waals surface area contributed by atoms with E-state index in [0.29, 0.717) is 19.3 Å². The van der Waals surface area contributed by atoms with Gasteiger partial charge in [-0.1, -0.05) is 42.5 Å². The van der Waals surface area contributed by atoms with Crippen LogP contribution in [0.4, 0.5) is 0 Å². The summed E-state index contributed by atoms with van der Waals surface area (Å²) in [6.07, 6.45) is 3.49. The van der Waals surface area contributed by atoms with Crippen molar-refractivity contribution in [1.82, 2.24) is 30.5 Å². The number of aromatic amines is 1. The topological polar surface area (TPSA) is 268 Å². The summed E-state index contributed by atoms with van der Waals surface area (Å²) >= 11 is 0. The van der Waals surface area contributed by atoms with E-state index in [1.807, 2.05) is 54.7 Å². The second-order valence-electron chi connectivity index (χ2n) is 12.5. The molecule has 3 rings (SSSR count). The van der Waals surface area contributed by atoms with Gasteiger partial charge in [0.1, 0.15) is 0 Å². The molecular weight excluding hydrogens is 694 g/mol. The molecule has 53 heavy (non-hydrogen) atoms. The molecule has 0 aliphatic rings. The molecule has 0 aliphatic carbocycles. The van der Waals surface area contributed by atoms with Crippen LogP contribution in [0.3, 0.4) is 0 Å². The third-order valence-electron chi connectivity index (χ3n) is 8.12. The number of rotatable bonds is 26. The van der Waals surface area contributed by atoms with Gasteiger partial charge in [0.15, 0.2) is 0 Å². The number of nitrogens with one attached hydrogen (secondary N) is 3. The van der Waals surface area contributed by atoms with Crippen molar-refractivity contribution < 1.29 is 54.0 Å². The summed E-state index contributed by atoms with van der Waals surface area (Å²) in [5.74, 6) is -5.74. The average molecular weight is 742 g/mol. The molecule has 288 valence electrons. The zero-order chi connectivity index (χ0) is 38.8. The zero-order valence-electron chi connectivity index (χ0n) is 29.2. The maximum atomic E-state index is 12.9. The predicted molar refractivity (Wildman–Crippen MR) is 191 cm³/mol. The Kier molecular flexibility index (Phi) is 17.3. The number of carboxylic acid groups (broad SMARTS) is 4. The number of hydrogen-bond acceptors (Lipinski definition) is 11. The van der Waals surface area contributed by atoms with Gasteiger partial charge in [-0.3, -0.25) is 48.3 Å². The maximum Gasteiger partial charge on any atom is 0.317 e. The van der Waals surface area contributed by atoms with Crippen LogP contribution in [0, 0.1) is 0 Å². The number of carbonyl (C=O) groups is 6. The molecule has 1 aromatic heterocycles. The molecule has 18 nitrogen and oxygen atoms in total. The Labute approximate surface area is 305 Å². The van der Waals surface area contributed by atoms with Gasteiger partial charge in [-0.05, 0) is 42.0 Å². The first kappa shape index (κ1) is 42.0. The number of carboxylic acids is 4. The van der Waals surface area contributed by atoms with Crippen LogP contribution in [-0.4, -0.2) is 147 Å². The van der Waals surface area contributed by atoms with Gasteiger partial charge in [-0.15, -0.1) is 0 Å². The van der Waals surface area contributed by atoms with Crippen molar-refractivity contribution in [1.29, 1.82) is 0 Å². The fourth-order valence-electron chi connectivity index (χ4n) is 5.49. The van der Waals surface area contributed by atoms with Crippen LogP contribution in [0.25, 0.3) is 10.9 Å². The van der Waals surface area contributed by atoms with E-state index in [1.165, 1.54) is 9.80 Å². The second-order valence-corrected chi connectivity index (χ2v) is 12.5. The zero-order valence-corrected chi connectivity index (χ0v) is 29.2. The SMILES string of the molecule is NC(Cc1c[nH]c2ccccc12)C(=O)NOCCCc1ccc(CNC(=O)CN(CCN(CC(=O)O)CC(=O)O)CCN(CC(=O)O)CC(=O)O)cc1. The first-order valence-corrected chi connectivity index (χ1v) is 16.9. The Hall–Kier alpha value is -5.40. The van der Waals surface area contributed by atoms with Crippen LogP contribution in [0.15, 0.2) is 54.7 Å². The summed E-state index contributed by atoms with van der Waals surface area (Å²) in [6.45, 7) is -1.84. The number of nitrogens with zero attached hydrogens (tertiary/aromatic N) is 3. The van der Waals surface area contributed by atoms with Gasteiger partial charge in [-0.25, -0.2) is 5.48 Å². The van der Waals surface area contributed by atoms with Crippen LogP contribution in [-0.2, 0) is 53.0 Å². The first-order chi connectivity index (χ1) is 25.3. The highest BCUT2D eigenvalue weighted by molar-refractivity contribution is 5.85. The Balaban J connectivity index is 1.43. The Morgan fingerprint density at radius 2 is 1.25 bits per heavy atom. The minimum absolute atomic E-state index is 0.0258. The number of para-hydroxylation sites is 1. The van der Waals surface area contributed by atoms with E-state index in [1.54, 1.807) is 4.90 Å². The van der Waals surface area contributed by atoms with Gasteiger partial charge in [0.05, 0.1) is 45.4 Å². The molecule has 9 N–H and O–H groups in total. The lowest BCUT2D eigenvalue weighted by Gasteiger charge is -2.28. The van der Waals surface area contributed by atoms with Crippen molar-refractivity contribution in [3.63, 3.8) is 0 Å². The standard InChI is InChI=1S/C35H47N7O11/c36-28(16-26-18-37-29-6-2-1-5-27(26)29)35(52)39-53-15-3-4-24-7-9-25(10-8-24)17-38-30(43)19-40(11-13-41(20-31(44)45)21-32(46)47)12-14-42(22-33(48)49)23-34(50)51/h1-2,5-10,18,28,37H,3-4,11-17,19-23,36H2,(H,38,43)(H,39,52)(H,44,45)(H,46,47)(H,48,49)(H,50,51). The van der Waals surface area contributed by atoms with Gasteiger partial charge in [0.2, 0.25) is 5.91 Å². The molecule has 3 aromatic rings. The highest BCUT2D eigenvalue weighted by atomic mass is 16.6. The second kappa shape index (κ2) is 21.8. The minimum Gasteiger partial charge on any atom is -0.480 e. The van der Waals surface area contributed by atoms with E-state index >= 15 is 0 Å². The third kappa shape index (κ3) is 16.2. The van der Waals surface area contributed by atoms with E-state index in [2.05, 4.69) is 15.8 Å². The van der Waals surface area contributed by atoms with Crippen molar-refractivity contribution in [2.75, 3.05) is 65.5 Å². The quantitative estimate of drug-likeness (QED) is 0.0384. The summed E-state index contributed by atoms with van der Waals surface area (Å²) in [5.41, 5.74) is 12.2. The van der Waals surface area contributed by atoms with Crippen molar-refractivity contribution in [3.8, 4) is 0 Å². The molecule has 0 bridgehead atoms. The van der Waals surface area contributed by atoms with Gasteiger partial charge in [0, 0.05) is 49.8 Å². The van der Waals surface area contributed by atoms with Crippen LogP contribution in [0.5, 0.6) is 0 Å². The van der Waals surface area contributed by atoms with Crippen molar-refractivity contribution in [3.05, 3.63) is 71.4 Å². The first-order valence-electron chi connectivity index (χ1n) is 16.9. The molecule has 1 atom stereocenters. The molecular formula is C35H47N7O11. The number of aromatic nitrogens is 1. The third-order valence-corrected chi connectivity index (χ3v) is 8.12. The Morgan fingerprint density at radius 1 is 0.717 bits per heavy atom. The molecule has 2 aromatic carbocycles.